The zero-order valence-corrected chi connectivity index (χ0v) is 13.6. The number of nitrogens with two attached hydrogens (primary N) is 1. The van der Waals surface area contributed by atoms with E-state index in [-0.39, 0.29) is 18.1 Å². The second-order valence-corrected chi connectivity index (χ2v) is 5.97. The molecule has 116 valence electrons. The zero-order valence-electron chi connectivity index (χ0n) is 12.8. The van der Waals surface area contributed by atoms with E-state index in [0.29, 0.717) is 11.3 Å². The summed E-state index contributed by atoms with van der Waals surface area (Å²) in [7, 11) is 0. The molecule has 0 unspecified atom stereocenters. The minimum absolute atomic E-state index is 0.0458. The largest absolute Gasteiger partial charge is 0.463 e. The lowest BCUT2D eigenvalue weighted by molar-refractivity contribution is -0.139. The van der Waals surface area contributed by atoms with E-state index in [1.54, 1.807) is 25.2 Å². The van der Waals surface area contributed by atoms with Crippen LogP contribution in [0.3, 0.4) is 0 Å². The number of hydrogen-bond acceptors (Lipinski definition) is 6. The first-order chi connectivity index (χ1) is 10.5. The van der Waals surface area contributed by atoms with Crippen molar-refractivity contribution in [3.05, 3.63) is 44.7 Å². The van der Waals surface area contributed by atoms with Crippen LogP contribution in [-0.4, -0.2) is 12.6 Å². The predicted molar refractivity (Wildman–Crippen MR) is 83.7 cm³/mol. The molecule has 0 fully saturated rings. The summed E-state index contributed by atoms with van der Waals surface area (Å²) in [5.41, 5.74) is 6.43. The number of esters is 1. The molecule has 0 saturated carbocycles. The van der Waals surface area contributed by atoms with Crippen molar-refractivity contribution < 1.29 is 14.3 Å². The standard InChI is InChI=1S/C16H18N2O3S/c1-4-10-6-7-12(22-10)14-11(8-17)15(18)21-9(3)13(14)16(19)20-5-2/h6-7,14H,4-5,18H2,1-3H3/t14-/m1/s1. The first-order valence-corrected chi connectivity index (χ1v) is 7.89. The van der Waals surface area contributed by atoms with Gasteiger partial charge in [-0.15, -0.1) is 11.3 Å². The highest BCUT2D eigenvalue weighted by atomic mass is 32.1. The second kappa shape index (κ2) is 6.67. The van der Waals surface area contributed by atoms with E-state index in [9.17, 15) is 10.1 Å². The lowest BCUT2D eigenvalue weighted by atomic mass is 9.87. The van der Waals surface area contributed by atoms with E-state index in [1.165, 1.54) is 4.88 Å². The molecule has 1 aliphatic rings. The van der Waals surface area contributed by atoms with E-state index < -0.39 is 11.9 Å². The lowest BCUT2D eigenvalue weighted by Crippen LogP contribution is -2.25. The Kier molecular flexibility index (Phi) is 4.88. The van der Waals surface area contributed by atoms with Gasteiger partial charge in [-0.25, -0.2) is 4.79 Å². The maximum absolute atomic E-state index is 12.3. The Hall–Kier alpha value is -2.26. The summed E-state index contributed by atoms with van der Waals surface area (Å²) < 4.78 is 10.5. The smallest absolute Gasteiger partial charge is 0.338 e. The third-order valence-electron chi connectivity index (χ3n) is 3.42. The minimum Gasteiger partial charge on any atom is -0.463 e. The third-order valence-corrected chi connectivity index (χ3v) is 4.71. The van der Waals surface area contributed by atoms with Crippen LogP contribution in [0.15, 0.2) is 34.9 Å². The maximum Gasteiger partial charge on any atom is 0.338 e. The first-order valence-electron chi connectivity index (χ1n) is 7.07. The van der Waals surface area contributed by atoms with Gasteiger partial charge in [0, 0.05) is 9.75 Å². The van der Waals surface area contributed by atoms with Crippen LogP contribution in [0.1, 0.15) is 36.4 Å². The number of thiophene rings is 1. The Balaban J connectivity index is 2.56. The summed E-state index contributed by atoms with van der Waals surface area (Å²) in [5.74, 6) is -0.573. The molecule has 5 nitrogen and oxygen atoms in total. The number of allylic oxidation sites excluding steroid dienone is 2. The van der Waals surface area contributed by atoms with Crippen molar-refractivity contribution in [2.24, 2.45) is 5.73 Å². The number of carbonyl (C=O) groups is 1. The molecule has 0 bridgehead atoms. The fraction of sp³-hybridized carbons (Fsp3) is 0.375. The van der Waals surface area contributed by atoms with Gasteiger partial charge < -0.3 is 15.2 Å². The van der Waals surface area contributed by atoms with Crippen LogP contribution in [-0.2, 0) is 20.7 Å². The van der Waals surface area contributed by atoms with Crippen molar-refractivity contribution >= 4 is 17.3 Å². The van der Waals surface area contributed by atoms with Gasteiger partial charge in [0.2, 0.25) is 5.88 Å². The highest BCUT2D eigenvalue weighted by Crippen LogP contribution is 2.42. The molecule has 0 aliphatic carbocycles. The van der Waals surface area contributed by atoms with E-state index >= 15 is 0 Å². The zero-order chi connectivity index (χ0) is 16.3. The maximum atomic E-state index is 12.3. The monoisotopic (exact) mass is 318 g/mol. The molecule has 0 spiro atoms. The van der Waals surface area contributed by atoms with E-state index in [1.807, 2.05) is 12.1 Å². The molecule has 0 radical (unpaired) electrons. The molecule has 2 rings (SSSR count). The SMILES string of the molecule is CCOC(=O)C1=C(C)OC(N)=C(C#N)[C@@H]1c1ccc(CC)s1. The average Bonchev–Trinajstić information content (AvgIpc) is 2.95. The van der Waals surface area contributed by atoms with Gasteiger partial charge in [0.25, 0.3) is 0 Å². The number of hydrogen-bond donors (Lipinski definition) is 1. The summed E-state index contributed by atoms with van der Waals surface area (Å²) in [6.45, 7) is 5.72. The average molecular weight is 318 g/mol. The molecular weight excluding hydrogens is 300 g/mol. The Labute approximate surface area is 133 Å². The second-order valence-electron chi connectivity index (χ2n) is 4.77. The molecule has 0 aromatic carbocycles. The summed E-state index contributed by atoms with van der Waals surface area (Å²) in [6.07, 6.45) is 0.895. The highest BCUT2D eigenvalue weighted by Gasteiger charge is 2.37. The predicted octanol–water partition coefficient (Wildman–Crippen LogP) is 2.96. The summed E-state index contributed by atoms with van der Waals surface area (Å²) in [5, 5.41) is 9.43. The molecule has 0 saturated heterocycles. The normalized spacial score (nSPS) is 18.0. The Morgan fingerprint density at radius 3 is 2.77 bits per heavy atom. The number of aryl methyl sites for hydroxylation is 1. The highest BCUT2D eigenvalue weighted by molar-refractivity contribution is 7.12. The summed E-state index contributed by atoms with van der Waals surface area (Å²) in [6, 6.07) is 6.00. The third kappa shape index (κ3) is 2.85. The minimum atomic E-state index is -0.525. The molecule has 6 heteroatoms. The van der Waals surface area contributed by atoms with Crippen molar-refractivity contribution in [2.75, 3.05) is 6.61 Å². The van der Waals surface area contributed by atoms with Crippen LogP contribution in [0.4, 0.5) is 0 Å². The summed E-state index contributed by atoms with van der Waals surface area (Å²) >= 11 is 1.56. The van der Waals surface area contributed by atoms with Crippen LogP contribution in [0, 0.1) is 11.3 Å². The van der Waals surface area contributed by atoms with Gasteiger partial charge in [0.15, 0.2) is 0 Å². The molecule has 2 N–H and O–H groups in total. The van der Waals surface area contributed by atoms with E-state index in [2.05, 4.69) is 13.0 Å². The molecule has 22 heavy (non-hydrogen) atoms. The Morgan fingerprint density at radius 1 is 1.50 bits per heavy atom. The number of carbonyl (C=O) groups excluding carboxylic acids is 1. The summed E-state index contributed by atoms with van der Waals surface area (Å²) in [4.78, 5) is 14.4. The van der Waals surface area contributed by atoms with Gasteiger partial charge in [-0.2, -0.15) is 5.26 Å². The quantitative estimate of drug-likeness (QED) is 0.863. The lowest BCUT2D eigenvalue weighted by Gasteiger charge is -2.25. The van der Waals surface area contributed by atoms with E-state index in [4.69, 9.17) is 15.2 Å². The Bertz CT molecular complexity index is 694. The molecule has 1 aliphatic heterocycles. The van der Waals surface area contributed by atoms with Crippen LogP contribution in [0.2, 0.25) is 0 Å². The van der Waals surface area contributed by atoms with Crippen molar-refractivity contribution in [1.29, 1.82) is 5.26 Å². The van der Waals surface area contributed by atoms with Crippen molar-refractivity contribution in [3.8, 4) is 6.07 Å². The van der Waals surface area contributed by atoms with Crippen molar-refractivity contribution in [1.82, 2.24) is 0 Å². The van der Waals surface area contributed by atoms with Gasteiger partial charge in [-0.3, -0.25) is 0 Å². The molecule has 2 heterocycles. The van der Waals surface area contributed by atoms with Crippen molar-refractivity contribution in [2.45, 2.75) is 33.1 Å². The number of rotatable bonds is 4. The number of ether oxygens (including phenoxy) is 2. The fourth-order valence-corrected chi connectivity index (χ4v) is 3.45. The molecule has 1 aromatic rings. The fourth-order valence-electron chi connectivity index (χ4n) is 2.38. The number of nitriles is 1. The topological polar surface area (TPSA) is 85.3 Å². The van der Waals surface area contributed by atoms with Crippen LogP contribution < -0.4 is 5.73 Å². The van der Waals surface area contributed by atoms with Crippen molar-refractivity contribution in [3.63, 3.8) is 0 Å². The molecular formula is C16H18N2O3S. The van der Waals surface area contributed by atoms with Gasteiger partial charge in [0.1, 0.15) is 17.4 Å². The van der Waals surface area contributed by atoms with Gasteiger partial charge in [-0.1, -0.05) is 6.92 Å². The first kappa shape index (κ1) is 16.1. The van der Waals surface area contributed by atoms with Gasteiger partial charge >= 0.3 is 5.97 Å². The molecule has 1 atom stereocenters. The van der Waals surface area contributed by atoms with Gasteiger partial charge in [0.05, 0.1) is 18.1 Å². The molecule has 0 amide bonds. The number of nitrogens with zero attached hydrogens (tertiary/aromatic N) is 1. The van der Waals surface area contributed by atoms with Gasteiger partial charge in [-0.05, 0) is 32.4 Å². The molecule has 1 aromatic heterocycles. The van der Waals surface area contributed by atoms with Crippen LogP contribution in [0.25, 0.3) is 0 Å². The van der Waals surface area contributed by atoms with Crippen LogP contribution >= 0.6 is 11.3 Å². The Morgan fingerprint density at radius 2 is 2.23 bits per heavy atom. The van der Waals surface area contributed by atoms with Crippen LogP contribution in [0.5, 0.6) is 0 Å². The van der Waals surface area contributed by atoms with E-state index in [0.717, 1.165) is 11.3 Å².